The van der Waals surface area contributed by atoms with Crippen molar-refractivity contribution in [1.82, 2.24) is 25.1 Å². The number of pyridine rings is 1. The van der Waals surface area contributed by atoms with Gasteiger partial charge in [-0.25, -0.2) is 9.97 Å². The van der Waals surface area contributed by atoms with Crippen molar-refractivity contribution in [2.45, 2.75) is 40.2 Å². The van der Waals surface area contributed by atoms with Crippen LogP contribution in [0.3, 0.4) is 0 Å². The number of nitrogens with zero attached hydrogens (tertiary/aromatic N) is 3. The van der Waals surface area contributed by atoms with E-state index < -0.39 is 0 Å². The van der Waals surface area contributed by atoms with Crippen LogP contribution >= 0.6 is 0 Å². The molecule has 3 aromatic rings. The predicted octanol–water partition coefficient (Wildman–Crippen LogP) is 2.38. The maximum atomic E-state index is 12.4. The van der Waals surface area contributed by atoms with Crippen LogP contribution < -0.4 is 10.3 Å². The molecule has 0 fully saturated rings. The highest BCUT2D eigenvalue weighted by molar-refractivity contribution is 5.78. The molecule has 0 spiro atoms. The maximum absolute atomic E-state index is 12.4. The number of ether oxygens (including phenoxy) is 2. The van der Waals surface area contributed by atoms with Gasteiger partial charge >= 0.3 is 0 Å². The molecule has 8 heteroatoms. The van der Waals surface area contributed by atoms with Crippen LogP contribution in [-0.4, -0.2) is 44.5 Å². The molecule has 0 radical (unpaired) electrons. The summed E-state index contributed by atoms with van der Waals surface area (Å²) in [5, 5.41) is 6.92. The topological polar surface area (TPSA) is 106 Å². The maximum Gasteiger partial charge on any atom is 0.279 e. The van der Waals surface area contributed by atoms with E-state index in [0.29, 0.717) is 47.9 Å². The first-order valence-corrected chi connectivity index (χ1v) is 8.72. The van der Waals surface area contributed by atoms with Crippen molar-refractivity contribution in [2.24, 2.45) is 0 Å². The molecule has 3 aromatic heterocycles. The van der Waals surface area contributed by atoms with E-state index in [1.165, 1.54) is 0 Å². The number of hydrogen-bond donors (Lipinski definition) is 2. The second-order valence-corrected chi connectivity index (χ2v) is 6.12. The van der Waals surface area contributed by atoms with Crippen molar-refractivity contribution in [3.63, 3.8) is 0 Å². The third kappa shape index (κ3) is 3.60. The summed E-state index contributed by atoms with van der Waals surface area (Å²) in [6, 6.07) is 1.89. The van der Waals surface area contributed by atoms with Crippen LogP contribution in [0.2, 0.25) is 0 Å². The minimum Gasteiger partial charge on any atom is -0.472 e. The summed E-state index contributed by atoms with van der Waals surface area (Å²) in [6.07, 6.45) is 2.24. The standard InChI is InChI=1S/C18H23N5O3/c1-5-13-14-15(23-22-13)17(24)21-16(20-14)12-7-10(3)8-19-18(12)26-11(4)9-25-6-2/h7-8,11H,5-6,9H2,1-4H3,(H,22,23)(H,20,21,24). The Morgan fingerprint density at radius 1 is 1.27 bits per heavy atom. The van der Waals surface area contributed by atoms with Crippen molar-refractivity contribution in [3.05, 3.63) is 33.9 Å². The number of rotatable bonds is 7. The molecular weight excluding hydrogens is 334 g/mol. The van der Waals surface area contributed by atoms with Gasteiger partial charge in [-0.3, -0.25) is 9.89 Å². The average Bonchev–Trinajstić information content (AvgIpc) is 3.05. The molecule has 26 heavy (non-hydrogen) atoms. The highest BCUT2D eigenvalue weighted by Gasteiger charge is 2.17. The normalized spacial score (nSPS) is 12.5. The van der Waals surface area contributed by atoms with E-state index in [-0.39, 0.29) is 11.7 Å². The van der Waals surface area contributed by atoms with Gasteiger partial charge in [-0.1, -0.05) is 6.92 Å². The number of aryl methyl sites for hydroxylation is 2. The number of aromatic amines is 2. The summed E-state index contributed by atoms with van der Waals surface area (Å²) in [7, 11) is 0. The summed E-state index contributed by atoms with van der Waals surface area (Å²) < 4.78 is 11.3. The van der Waals surface area contributed by atoms with Crippen LogP contribution in [0.4, 0.5) is 0 Å². The molecule has 0 aliphatic rings. The quantitative estimate of drug-likeness (QED) is 0.672. The van der Waals surface area contributed by atoms with Gasteiger partial charge in [0, 0.05) is 12.8 Å². The lowest BCUT2D eigenvalue weighted by Crippen LogP contribution is -2.20. The van der Waals surface area contributed by atoms with Gasteiger partial charge in [-0.05, 0) is 38.8 Å². The Kier molecular flexibility index (Phi) is 5.32. The molecule has 8 nitrogen and oxygen atoms in total. The molecule has 3 heterocycles. The van der Waals surface area contributed by atoms with Crippen LogP contribution in [0.15, 0.2) is 17.1 Å². The van der Waals surface area contributed by atoms with E-state index >= 15 is 0 Å². The molecule has 0 saturated heterocycles. The van der Waals surface area contributed by atoms with Gasteiger partial charge in [-0.15, -0.1) is 0 Å². The predicted molar refractivity (Wildman–Crippen MR) is 98.4 cm³/mol. The van der Waals surface area contributed by atoms with Gasteiger partial charge in [0.25, 0.3) is 5.56 Å². The Balaban J connectivity index is 2.07. The first-order chi connectivity index (χ1) is 12.5. The van der Waals surface area contributed by atoms with Gasteiger partial charge in [0.2, 0.25) is 5.88 Å². The summed E-state index contributed by atoms with van der Waals surface area (Å²) in [5.74, 6) is 0.820. The van der Waals surface area contributed by atoms with Gasteiger partial charge < -0.3 is 14.5 Å². The fourth-order valence-corrected chi connectivity index (χ4v) is 2.66. The molecule has 1 unspecified atom stereocenters. The minimum atomic E-state index is -0.296. The Bertz CT molecular complexity index is 963. The first kappa shape index (κ1) is 18.1. The molecule has 0 bridgehead atoms. The molecule has 1 atom stereocenters. The van der Waals surface area contributed by atoms with E-state index in [4.69, 9.17) is 9.47 Å². The largest absolute Gasteiger partial charge is 0.472 e. The number of fused-ring (bicyclic) bond motifs is 1. The lowest BCUT2D eigenvalue weighted by atomic mass is 10.2. The van der Waals surface area contributed by atoms with Crippen LogP contribution in [0.1, 0.15) is 32.0 Å². The third-order valence-corrected chi connectivity index (χ3v) is 3.95. The first-order valence-electron chi connectivity index (χ1n) is 8.72. The summed E-state index contributed by atoms with van der Waals surface area (Å²) in [5.41, 5.74) is 2.97. The van der Waals surface area contributed by atoms with Gasteiger partial charge in [0.15, 0.2) is 5.52 Å². The number of hydrogen-bond acceptors (Lipinski definition) is 6. The zero-order valence-corrected chi connectivity index (χ0v) is 15.4. The minimum absolute atomic E-state index is 0.181. The van der Waals surface area contributed by atoms with Crippen molar-refractivity contribution < 1.29 is 9.47 Å². The smallest absolute Gasteiger partial charge is 0.279 e. The summed E-state index contributed by atoms with van der Waals surface area (Å²) >= 11 is 0. The van der Waals surface area contributed by atoms with Crippen molar-refractivity contribution in [1.29, 1.82) is 0 Å². The van der Waals surface area contributed by atoms with Crippen molar-refractivity contribution >= 4 is 11.0 Å². The second kappa shape index (κ2) is 7.65. The van der Waals surface area contributed by atoms with Gasteiger partial charge in [0.1, 0.15) is 17.4 Å². The Labute approximate surface area is 151 Å². The molecule has 0 aliphatic heterocycles. The van der Waals surface area contributed by atoms with Gasteiger partial charge in [0.05, 0.1) is 17.9 Å². The van der Waals surface area contributed by atoms with Crippen LogP contribution in [-0.2, 0) is 11.2 Å². The van der Waals surface area contributed by atoms with Gasteiger partial charge in [-0.2, -0.15) is 5.10 Å². The lowest BCUT2D eigenvalue weighted by Gasteiger charge is -2.16. The van der Waals surface area contributed by atoms with E-state index in [1.807, 2.05) is 33.8 Å². The zero-order chi connectivity index (χ0) is 18.7. The highest BCUT2D eigenvalue weighted by Crippen LogP contribution is 2.27. The zero-order valence-electron chi connectivity index (χ0n) is 15.4. The molecule has 0 aliphatic carbocycles. The molecule has 0 amide bonds. The molecule has 0 aromatic carbocycles. The summed E-state index contributed by atoms with van der Waals surface area (Å²) in [6.45, 7) is 8.82. The Hall–Kier alpha value is -2.74. The van der Waals surface area contributed by atoms with Crippen LogP contribution in [0.5, 0.6) is 5.88 Å². The number of nitrogens with one attached hydrogen (secondary N) is 2. The molecule has 0 saturated carbocycles. The van der Waals surface area contributed by atoms with E-state index in [0.717, 1.165) is 11.3 Å². The lowest BCUT2D eigenvalue weighted by molar-refractivity contribution is 0.0636. The van der Waals surface area contributed by atoms with Crippen molar-refractivity contribution in [3.8, 4) is 17.3 Å². The monoisotopic (exact) mass is 357 g/mol. The molecule has 3 rings (SSSR count). The Morgan fingerprint density at radius 2 is 2.08 bits per heavy atom. The Morgan fingerprint density at radius 3 is 2.81 bits per heavy atom. The SMILES string of the molecule is CCOCC(C)Oc1ncc(C)cc1-c1nc2c(CC)[nH]nc2c(=O)[nH]1. The van der Waals surface area contributed by atoms with Crippen LogP contribution in [0.25, 0.3) is 22.4 Å². The number of H-pyrrole nitrogens is 2. The molecule has 2 N–H and O–H groups in total. The average molecular weight is 357 g/mol. The summed E-state index contributed by atoms with van der Waals surface area (Å²) in [4.78, 5) is 24.2. The molecular formula is C18H23N5O3. The molecule has 138 valence electrons. The number of aromatic nitrogens is 5. The van der Waals surface area contributed by atoms with E-state index in [9.17, 15) is 4.79 Å². The van der Waals surface area contributed by atoms with Crippen molar-refractivity contribution in [2.75, 3.05) is 13.2 Å². The highest BCUT2D eigenvalue weighted by atomic mass is 16.5. The third-order valence-electron chi connectivity index (χ3n) is 3.95. The fraction of sp³-hybridized carbons (Fsp3) is 0.444. The van der Waals surface area contributed by atoms with Crippen LogP contribution in [0, 0.1) is 6.92 Å². The second-order valence-electron chi connectivity index (χ2n) is 6.12. The fourth-order valence-electron chi connectivity index (χ4n) is 2.66. The van der Waals surface area contributed by atoms with E-state index in [1.54, 1.807) is 6.20 Å². The van der Waals surface area contributed by atoms with E-state index in [2.05, 4.69) is 25.1 Å².